The van der Waals surface area contributed by atoms with E-state index in [4.69, 9.17) is 16.3 Å². The Balaban J connectivity index is 1.94. The second-order valence-electron chi connectivity index (χ2n) is 4.77. The summed E-state index contributed by atoms with van der Waals surface area (Å²) >= 11 is 6.04. The van der Waals surface area contributed by atoms with Crippen molar-refractivity contribution in [2.45, 2.75) is 6.42 Å². The van der Waals surface area contributed by atoms with Crippen molar-refractivity contribution >= 4 is 34.1 Å². The van der Waals surface area contributed by atoms with E-state index in [1.807, 2.05) is 24.3 Å². The van der Waals surface area contributed by atoms with Gasteiger partial charge in [-0.05, 0) is 30.2 Å². The van der Waals surface area contributed by atoms with Crippen molar-refractivity contribution in [3.8, 4) is 5.75 Å². The van der Waals surface area contributed by atoms with E-state index in [9.17, 15) is 0 Å². The lowest BCUT2D eigenvalue weighted by Crippen LogP contribution is -2.19. The topological polar surface area (TPSA) is 66.9 Å². The lowest BCUT2D eigenvalue weighted by molar-refractivity contribution is 0.322. The second kappa shape index (κ2) is 4.89. The summed E-state index contributed by atoms with van der Waals surface area (Å²) in [4.78, 5) is 10.7. The molecule has 6 nitrogen and oxygen atoms in total. The first-order valence-electron chi connectivity index (χ1n) is 6.69. The van der Waals surface area contributed by atoms with Gasteiger partial charge in [-0.1, -0.05) is 12.1 Å². The van der Waals surface area contributed by atoms with Crippen LogP contribution >= 0.6 is 11.6 Å². The van der Waals surface area contributed by atoms with Crippen molar-refractivity contribution in [1.29, 1.82) is 0 Å². The fraction of sp³-hybridized carbons (Fsp3) is 0.214. The lowest BCUT2D eigenvalue weighted by Gasteiger charge is -2.23. The summed E-state index contributed by atoms with van der Waals surface area (Å²) in [5, 5.41) is 7.91. The summed E-state index contributed by atoms with van der Waals surface area (Å²) in [7, 11) is 0. The number of halogens is 1. The maximum absolute atomic E-state index is 6.04. The standard InChI is InChI=1S/C14H12ClN5O/c15-14-17-12-9(8-16-19-12)13(18-14)20-6-3-7-21-11-5-2-1-4-10(11)20/h1-2,4-5,8H,3,6-7H2,(H,16,17,18,19). The van der Waals surface area contributed by atoms with Gasteiger partial charge in [0.25, 0.3) is 0 Å². The van der Waals surface area contributed by atoms with Crippen LogP contribution in [-0.2, 0) is 0 Å². The molecule has 0 spiro atoms. The highest BCUT2D eigenvalue weighted by atomic mass is 35.5. The predicted octanol–water partition coefficient (Wildman–Crippen LogP) is 2.93. The Bertz CT molecular complexity index is 803. The molecule has 1 N–H and O–H groups in total. The van der Waals surface area contributed by atoms with Crippen LogP contribution in [0.2, 0.25) is 5.28 Å². The van der Waals surface area contributed by atoms with E-state index in [0.717, 1.165) is 35.6 Å². The normalized spacial score (nSPS) is 14.6. The highest BCUT2D eigenvalue weighted by Crippen LogP contribution is 2.37. The Kier molecular flexibility index (Phi) is 2.89. The molecule has 0 aliphatic carbocycles. The molecule has 0 amide bonds. The summed E-state index contributed by atoms with van der Waals surface area (Å²) < 4.78 is 5.78. The number of rotatable bonds is 1. The summed E-state index contributed by atoms with van der Waals surface area (Å²) in [5.74, 6) is 1.60. The molecule has 3 heterocycles. The first-order chi connectivity index (χ1) is 10.3. The van der Waals surface area contributed by atoms with Crippen LogP contribution in [-0.4, -0.2) is 33.3 Å². The third kappa shape index (κ3) is 2.08. The maximum Gasteiger partial charge on any atom is 0.226 e. The maximum atomic E-state index is 6.04. The van der Waals surface area contributed by atoms with E-state index in [2.05, 4.69) is 25.1 Å². The van der Waals surface area contributed by atoms with Crippen LogP contribution in [0.15, 0.2) is 30.5 Å². The Morgan fingerprint density at radius 3 is 3.10 bits per heavy atom. The van der Waals surface area contributed by atoms with Crippen molar-refractivity contribution in [3.63, 3.8) is 0 Å². The van der Waals surface area contributed by atoms with Crippen LogP contribution < -0.4 is 9.64 Å². The van der Waals surface area contributed by atoms with E-state index in [0.29, 0.717) is 12.3 Å². The summed E-state index contributed by atoms with van der Waals surface area (Å²) in [5.41, 5.74) is 1.61. The quantitative estimate of drug-likeness (QED) is 0.700. The number of aromatic nitrogens is 4. The number of H-pyrrole nitrogens is 1. The third-order valence-corrected chi connectivity index (χ3v) is 3.63. The number of hydrogen-bond donors (Lipinski definition) is 1. The fourth-order valence-electron chi connectivity index (χ4n) is 2.55. The van der Waals surface area contributed by atoms with Crippen LogP contribution in [0.3, 0.4) is 0 Å². The number of hydrogen-bond acceptors (Lipinski definition) is 5. The first kappa shape index (κ1) is 12.4. The molecule has 0 fully saturated rings. The molecule has 4 rings (SSSR count). The molecule has 0 radical (unpaired) electrons. The number of nitrogens with one attached hydrogen (secondary N) is 1. The van der Waals surface area contributed by atoms with Gasteiger partial charge in [-0.15, -0.1) is 0 Å². The molecule has 106 valence electrons. The van der Waals surface area contributed by atoms with Crippen molar-refractivity contribution in [2.75, 3.05) is 18.1 Å². The van der Waals surface area contributed by atoms with Gasteiger partial charge in [0.05, 0.1) is 23.9 Å². The molecular weight excluding hydrogens is 290 g/mol. The van der Waals surface area contributed by atoms with Crippen LogP contribution in [0.5, 0.6) is 5.75 Å². The highest BCUT2D eigenvalue weighted by molar-refractivity contribution is 6.28. The van der Waals surface area contributed by atoms with Gasteiger partial charge in [0.1, 0.15) is 11.6 Å². The minimum Gasteiger partial charge on any atom is -0.491 e. The van der Waals surface area contributed by atoms with Crippen LogP contribution in [0.4, 0.5) is 11.5 Å². The molecule has 0 saturated carbocycles. The monoisotopic (exact) mass is 301 g/mol. The van der Waals surface area contributed by atoms with Crippen molar-refractivity contribution < 1.29 is 4.74 Å². The molecule has 0 atom stereocenters. The highest BCUT2D eigenvalue weighted by Gasteiger charge is 2.22. The molecule has 3 aromatic rings. The van der Waals surface area contributed by atoms with E-state index >= 15 is 0 Å². The minimum atomic E-state index is 0.199. The Morgan fingerprint density at radius 2 is 2.14 bits per heavy atom. The average Bonchev–Trinajstić information content (AvgIpc) is 2.85. The molecule has 21 heavy (non-hydrogen) atoms. The number of nitrogens with zero attached hydrogens (tertiary/aromatic N) is 4. The lowest BCUT2D eigenvalue weighted by atomic mass is 10.2. The zero-order valence-corrected chi connectivity index (χ0v) is 11.8. The fourth-order valence-corrected chi connectivity index (χ4v) is 2.71. The molecule has 1 aromatic carbocycles. The third-order valence-electron chi connectivity index (χ3n) is 3.46. The molecule has 0 unspecified atom stereocenters. The van der Waals surface area contributed by atoms with Gasteiger partial charge < -0.3 is 9.64 Å². The second-order valence-corrected chi connectivity index (χ2v) is 5.11. The Morgan fingerprint density at radius 1 is 1.24 bits per heavy atom. The molecule has 2 aromatic heterocycles. The summed E-state index contributed by atoms with van der Waals surface area (Å²) in [6.45, 7) is 1.48. The van der Waals surface area contributed by atoms with Crippen LogP contribution in [0, 0.1) is 0 Å². The number of ether oxygens (including phenoxy) is 1. The zero-order valence-electron chi connectivity index (χ0n) is 11.1. The van der Waals surface area contributed by atoms with Crippen molar-refractivity contribution in [2.24, 2.45) is 0 Å². The van der Waals surface area contributed by atoms with E-state index in [1.165, 1.54) is 0 Å². The van der Waals surface area contributed by atoms with Crippen LogP contribution in [0.1, 0.15) is 6.42 Å². The van der Waals surface area contributed by atoms with Crippen LogP contribution in [0.25, 0.3) is 11.0 Å². The van der Waals surface area contributed by atoms with Gasteiger partial charge in [0, 0.05) is 6.54 Å². The van der Waals surface area contributed by atoms with E-state index in [1.54, 1.807) is 6.20 Å². The first-order valence-corrected chi connectivity index (χ1v) is 7.07. The zero-order chi connectivity index (χ0) is 14.2. The number of aromatic amines is 1. The number of fused-ring (bicyclic) bond motifs is 2. The van der Waals surface area contributed by atoms with E-state index in [-0.39, 0.29) is 5.28 Å². The van der Waals surface area contributed by atoms with Gasteiger partial charge in [0.15, 0.2) is 5.65 Å². The van der Waals surface area contributed by atoms with E-state index < -0.39 is 0 Å². The molecule has 0 saturated heterocycles. The van der Waals surface area contributed by atoms with Gasteiger partial charge in [-0.3, -0.25) is 5.10 Å². The average molecular weight is 302 g/mol. The smallest absolute Gasteiger partial charge is 0.226 e. The molecule has 0 bridgehead atoms. The molecular formula is C14H12ClN5O. The molecule has 7 heteroatoms. The van der Waals surface area contributed by atoms with Gasteiger partial charge in [-0.25, -0.2) is 0 Å². The Hall–Kier alpha value is -2.34. The number of benzene rings is 1. The van der Waals surface area contributed by atoms with Gasteiger partial charge >= 0.3 is 0 Å². The van der Waals surface area contributed by atoms with Gasteiger partial charge in [-0.2, -0.15) is 15.1 Å². The molecule has 1 aliphatic rings. The Labute approximate surface area is 125 Å². The SMILES string of the molecule is Clc1nc(N2CCCOc3ccccc32)c2cn[nH]c2n1. The summed E-state index contributed by atoms with van der Waals surface area (Å²) in [6.07, 6.45) is 2.62. The number of anilines is 2. The molecule has 1 aliphatic heterocycles. The summed E-state index contributed by atoms with van der Waals surface area (Å²) in [6, 6.07) is 7.92. The largest absolute Gasteiger partial charge is 0.491 e. The van der Waals surface area contributed by atoms with Crippen molar-refractivity contribution in [3.05, 3.63) is 35.7 Å². The predicted molar refractivity (Wildman–Crippen MR) is 80.3 cm³/mol. The number of para-hydroxylation sites is 2. The van der Waals surface area contributed by atoms with Gasteiger partial charge in [0.2, 0.25) is 5.28 Å². The van der Waals surface area contributed by atoms with Crippen molar-refractivity contribution in [1.82, 2.24) is 20.2 Å². The minimum absolute atomic E-state index is 0.199.